The molecule has 0 bridgehead atoms. The van der Waals surface area contributed by atoms with Gasteiger partial charge in [-0.25, -0.2) is 0 Å². The van der Waals surface area contributed by atoms with Gasteiger partial charge in [0.15, 0.2) is 0 Å². The maximum Gasteiger partial charge on any atom is 0.0681 e. The van der Waals surface area contributed by atoms with Gasteiger partial charge in [0, 0.05) is 16.6 Å². The van der Waals surface area contributed by atoms with Crippen molar-refractivity contribution in [1.29, 1.82) is 0 Å². The highest BCUT2D eigenvalue weighted by Gasteiger charge is 2.15. The van der Waals surface area contributed by atoms with Crippen LogP contribution in [0.2, 0.25) is 0 Å². The molecule has 4 aromatic rings. The summed E-state index contributed by atoms with van der Waals surface area (Å²) in [5.41, 5.74) is 7.55. The van der Waals surface area contributed by atoms with Crippen LogP contribution in [0.15, 0.2) is 60.7 Å². The van der Waals surface area contributed by atoms with E-state index in [0.29, 0.717) is 5.92 Å². The number of hydrogen-bond acceptors (Lipinski definition) is 1. The lowest BCUT2D eigenvalue weighted by Crippen LogP contribution is -1.98. The lowest BCUT2D eigenvalue weighted by atomic mass is 9.94. The molecule has 22 heavy (non-hydrogen) atoms. The second-order valence-corrected chi connectivity index (χ2v) is 6.11. The van der Waals surface area contributed by atoms with Crippen LogP contribution in [0.4, 0.5) is 0 Å². The summed E-state index contributed by atoms with van der Waals surface area (Å²) in [5, 5.41) is 9.13. The summed E-state index contributed by atoms with van der Waals surface area (Å²) >= 11 is 0. The molecule has 1 atom stereocenters. The van der Waals surface area contributed by atoms with Gasteiger partial charge in [0.1, 0.15) is 0 Å². The molecular formula is C20H19NO. The van der Waals surface area contributed by atoms with Crippen LogP contribution in [-0.4, -0.2) is 9.51 Å². The third-order valence-corrected chi connectivity index (χ3v) is 4.58. The number of aromatic nitrogens is 1. The summed E-state index contributed by atoms with van der Waals surface area (Å²) in [6, 6.07) is 21.4. The molecule has 0 aliphatic carbocycles. The molecule has 0 amide bonds. The van der Waals surface area contributed by atoms with E-state index in [1.54, 1.807) is 0 Å². The van der Waals surface area contributed by atoms with E-state index in [1.807, 2.05) is 12.1 Å². The first kappa shape index (κ1) is 13.4. The molecule has 3 aromatic heterocycles. The Bertz CT molecular complexity index is 899. The molecule has 0 saturated carbocycles. The van der Waals surface area contributed by atoms with E-state index >= 15 is 0 Å². The highest BCUT2D eigenvalue weighted by Crippen LogP contribution is 2.31. The Kier molecular flexibility index (Phi) is 3.12. The van der Waals surface area contributed by atoms with Gasteiger partial charge in [0.05, 0.1) is 6.61 Å². The zero-order valence-electron chi connectivity index (χ0n) is 12.7. The average Bonchev–Trinajstić information content (AvgIpc) is 3.13. The highest BCUT2D eigenvalue weighted by molar-refractivity contribution is 5.78. The van der Waals surface area contributed by atoms with E-state index in [0.717, 1.165) is 12.0 Å². The number of aliphatic hydroxyl groups is 1. The Hall–Kier alpha value is -2.32. The summed E-state index contributed by atoms with van der Waals surface area (Å²) in [4.78, 5) is 0. The zero-order chi connectivity index (χ0) is 15.1. The fourth-order valence-electron chi connectivity index (χ4n) is 3.40. The lowest BCUT2D eigenvalue weighted by molar-refractivity contribution is 0.282. The molecule has 110 valence electrons. The van der Waals surface area contributed by atoms with Crippen molar-refractivity contribution in [3.05, 3.63) is 77.4 Å². The average molecular weight is 289 g/mol. The van der Waals surface area contributed by atoms with E-state index in [1.165, 1.54) is 27.7 Å². The minimum absolute atomic E-state index is 0.110. The van der Waals surface area contributed by atoms with Crippen molar-refractivity contribution in [2.24, 2.45) is 0 Å². The topological polar surface area (TPSA) is 24.6 Å². The van der Waals surface area contributed by atoms with Crippen molar-refractivity contribution in [1.82, 2.24) is 4.40 Å². The number of aliphatic hydroxyl groups excluding tert-OH is 1. The van der Waals surface area contributed by atoms with Crippen LogP contribution in [-0.2, 0) is 13.0 Å². The van der Waals surface area contributed by atoms with Gasteiger partial charge in [0.2, 0.25) is 0 Å². The third-order valence-electron chi connectivity index (χ3n) is 4.58. The molecule has 2 nitrogen and oxygen atoms in total. The second kappa shape index (κ2) is 5.15. The summed E-state index contributed by atoms with van der Waals surface area (Å²) in [6.07, 6.45) is 1.01. The zero-order valence-corrected chi connectivity index (χ0v) is 12.7. The summed E-state index contributed by atoms with van der Waals surface area (Å²) in [7, 11) is 0. The molecule has 0 radical (unpaired) electrons. The van der Waals surface area contributed by atoms with E-state index < -0.39 is 0 Å². The van der Waals surface area contributed by atoms with Crippen molar-refractivity contribution in [3.8, 4) is 0 Å². The van der Waals surface area contributed by atoms with Gasteiger partial charge in [-0.05, 0) is 59.4 Å². The number of benzene rings is 1. The van der Waals surface area contributed by atoms with Crippen LogP contribution in [0.25, 0.3) is 16.6 Å². The summed E-state index contributed by atoms with van der Waals surface area (Å²) in [6.45, 7) is 2.40. The first-order valence-corrected chi connectivity index (χ1v) is 7.77. The molecule has 0 aliphatic rings. The van der Waals surface area contributed by atoms with Gasteiger partial charge >= 0.3 is 0 Å². The maximum atomic E-state index is 9.13. The summed E-state index contributed by atoms with van der Waals surface area (Å²) < 4.78 is 2.33. The Morgan fingerprint density at radius 3 is 2.41 bits per heavy atom. The molecule has 2 heteroatoms. The quantitative estimate of drug-likeness (QED) is 0.593. The first-order valence-electron chi connectivity index (χ1n) is 7.77. The van der Waals surface area contributed by atoms with Crippen molar-refractivity contribution >= 4 is 16.6 Å². The Labute approximate surface area is 130 Å². The van der Waals surface area contributed by atoms with E-state index in [2.05, 4.69) is 59.9 Å². The van der Waals surface area contributed by atoms with Crippen LogP contribution < -0.4 is 0 Å². The minimum atomic E-state index is 0.110. The van der Waals surface area contributed by atoms with Gasteiger partial charge in [-0.1, -0.05) is 37.3 Å². The van der Waals surface area contributed by atoms with E-state index in [9.17, 15) is 0 Å². The van der Waals surface area contributed by atoms with Gasteiger partial charge in [0.25, 0.3) is 0 Å². The number of pyridine rings is 1. The molecule has 1 aromatic carbocycles. The number of rotatable bonds is 4. The normalized spacial score (nSPS) is 13.2. The van der Waals surface area contributed by atoms with Gasteiger partial charge in [-0.3, -0.25) is 0 Å². The molecule has 1 unspecified atom stereocenters. The van der Waals surface area contributed by atoms with E-state index in [4.69, 9.17) is 5.11 Å². The first-order chi connectivity index (χ1) is 10.8. The minimum Gasteiger partial charge on any atom is -0.392 e. The van der Waals surface area contributed by atoms with Crippen molar-refractivity contribution in [2.45, 2.75) is 25.9 Å². The van der Waals surface area contributed by atoms with Crippen LogP contribution in [0.3, 0.4) is 0 Å². The predicted octanol–water partition coefficient (Wildman–Crippen LogP) is 4.37. The molecule has 4 rings (SSSR count). The Morgan fingerprint density at radius 2 is 1.64 bits per heavy atom. The Morgan fingerprint density at radius 1 is 0.909 bits per heavy atom. The largest absolute Gasteiger partial charge is 0.392 e. The summed E-state index contributed by atoms with van der Waals surface area (Å²) in [5.74, 6) is 0.463. The standard InChI is InChI=1S/C20H19NO/c1-14(11-15-5-7-16(13-22)8-6-15)19-12-18-10-9-17-3-2-4-20(19)21(17)18/h2-10,12,14,22H,11,13H2,1H3. The van der Waals surface area contributed by atoms with Crippen LogP contribution in [0, 0.1) is 0 Å². The van der Waals surface area contributed by atoms with Crippen molar-refractivity contribution in [3.63, 3.8) is 0 Å². The van der Waals surface area contributed by atoms with Crippen molar-refractivity contribution < 1.29 is 5.11 Å². The SMILES string of the molecule is CC(Cc1ccc(CO)cc1)c1cc2ccc3cccc1n32. The monoisotopic (exact) mass is 289 g/mol. The Balaban J connectivity index is 1.68. The molecular weight excluding hydrogens is 270 g/mol. The molecule has 0 aliphatic heterocycles. The maximum absolute atomic E-state index is 9.13. The molecule has 1 N–H and O–H groups in total. The fraction of sp³-hybridized carbons (Fsp3) is 0.200. The van der Waals surface area contributed by atoms with E-state index in [-0.39, 0.29) is 6.61 Å². The van der Waals surface area contributed by atoms with Crippen LogP contribution in [0.1, 0.15) is 29.5 Å². The third kappa shape index (κ3) is 2.08. The van der Waals surface area contributed by atoms with Crippen LogP contribution >= 0.6 is 0 Å². The molecule has 3 heterocycles. The van der Waals surface area contributed by atoms with Gasteiger partial charge in [-0.15, -0.1) is 0 Å². The number of hydrogen-bond donors (Lipinski definition) is 1. The van der Waals surface area contributed by atoms with Crippen molar-refractivity contribution in [2.75, 3.05) is 0 Å². The highest BCUT2D eigenvalue weighted by atomic mass is 16.3. The smallest absolute Gasteiger partial charge is 0.0681 e. The van der Waals surface area contributed by atoms with Crippen LogP contribution in [0.5, 0.6) is 0 Å². The van der Waals surface area contributed by atoms with Gasteiger partial charge < -0.3 is 9.51 Å². The fourth-order valence-corrected chi connectivity index (χ4v) is 3.40. The molecule has 0 fully saturated rings. The van der Waals surface area contributed by atoms with Gasteiger partial charge in [-0.2, -0.15) is 0 Å². The second-order valence-electron chi connectivity index (χ2n) is 6.11. The predicted molar refractivity (Wildman–Crippen MR) is 90.6 cm³/mol. The lowest BCUT2D eigenvalue weighted by Gasteiger charge is -2.12. The molecule has 0 spiro atoms. The molecule has 0 saturated heterocycles. The number of nitrogens with zero attached hydrogens (tertiary/aromatic N) is 1.